The van der Waals surface area contributed by atoms with E-state index in [2.05, 4.69) is 15.1 Å². The first kappa shape index (κ1) is 15.9. The molecule has 0 saturated heterocycles. The molecule has 0 atom stereocenters. The van der Waals surface area contributed by atoms with Crippen LogP contribution in [-0.2, 0) is 6.18 Å². The van der Waals surface area contributed by atoms with Crippen LogP contribution in [-0.4, -0.2) is 19.7 Å². The molecule has 0 saturated carbocycles. The van der Waals surface area contributed by atoms with E-state index < -0.39 is 11.7 Å². The van der Waals surface area contributed by atoms with Gasteiger partial charge in [-0.15, -0.1) is 0 Å². The second-order valence-corrected chi connectivity index (χ2v) is 5.61. The van der Waals surface area contributed by atoms with Gasteiger partial charge >= 0.3 is 6.18 Å². The van der Waals surface area contributed by atoms with Crippen molar-refractivity contribution in [2.75, 3.05) is 0 Å². The minimum Gasteiger partial charge on any atom is -0.346 e. The lowest BCUT2D eigenvalue weighted by molar-refractivity contribution is -0.137. The van der Waals surface area contributed by atoms with Crippen LogP contribution in [0.25, 0.3) is 27.8 Å². The van der Waals surface area contributed by atoms with Crippen molar-refractivity contribution >= 4 is 11.0 Å². The first-order chi connectivity index (χ1) is 12.5. The van der Waals surface area contributed by atoms with Gasteiger partial charge in [-0.05, 0) is 35.9 Å². The first-order valence-electron chi connectivity index (χ1n) is 7.56. The summed E-state index contributed by atoms with van der Waals surface area (Å²) < 4.78 is 41.1. The summed E-state index contributed by atoms with van der Waals surface area (Å²) in [6, 6.07) is 8.68. The summed E-state index contributed by atoms with van der Waals surface area (Å²) in [5.41, 5.74) is 1.20. The number of alkyl halides is 3. The Kier molecular flexibility index (Phi) is 3.51. The molecule has 128 valence electrons. The summed E-state index contributed by atoms with van der Waals surface area (Å²) in [7, 11) is 0. The van der Waals surface area contributed by atoms with Crippen LogP contribution in [0.3, 0.4) is 0 Å². The molecule has 1 aromatic carbocycles. The topological polar surface area (TPSA) is 70.3 Å². The van der Waals surface area contributed by atoms with Crippen molar-refractivity contribution in [1.29, 1.82) is 5.26 Å². The fourth-order valence-electron chi connectivity index (χ4n) is 2.84. The van der Waals surface area contributed by atoms with Gasteiger partial charge in [-0.3, -0.25) is 0 Å². The van der Waals surface area contributed by atoms with Crippen molar-refractivity contribution in [2.24, 2.45) is 0 Å². The molecule has 4 rings (SSSR count). The molecule has 8 heteroatoms. The number of H-pyrrole nitrogens is 1. The number of nitrogens with one attached hydrogen (secondary N) is 1. The molecule has 0 bridgehead atoms. The van der Waals surface area contributed by atoms with Crippen LogP contribution < -0.4 is 0 Å². The van der Waals surface area contributed by atoms with E-state index in [4.69, 9.17) is 5.26 Å². The lowest BCUT2D eigenvalue weighted by Gasteiger charge is -2.13. The number of fused-ring (bicyclic) bond motifs is 1. The van der Waals surface area contributed by atoms with Crippen LogP contribution in [0.15, 0.2) is 55.1 Å². The molecule has 4 aromatic rings. The fourth-order valence-corrected chi connectivity index (χ4v) is 2.84. The molecule has 0 unspecified atom stereocenters. The van der Waals surface area contributed by atoms with Gasteiger partial charge in [0, 0.05) is 29.5 Å². The lowest BCUT2D eigenvalue weighted by Crippen LogP contribution is -2.11. The van der Waals surface area contributed by atoms with Crippen LogP contribution in [0.5, 0.6) is 0 Å². The Labute approximate surface area is 145 Å². The van der Waals surface area contributed by atoms with Gasteiger partial charge in [0.05, 0.1) is 29.1 Å². The Morgan fingerprint density at radius 2 is 2.00 bits per heavy atom. The van der Waals surface area contributed by atoms with Crippen molar-refractivity contribution in [1.82, 2.24) is 19.7 Å². The predicted octanol–water partition coefficient (Wildman–Crippen LogP) is 4.31. The number of benzene rings is 1. The van der Waals surface area contributed by atoms with Crippen LogP contribution in [0.4, 0.5) is 13.2 Å². The molecule has 0 fully saturated rings. The zero-order valence-corrected chi connectivity index (χ0v) is 13.1. The number of aromatic nitrogens is 4. The zero-order chi connectivity index (χ0) is 18.3. The van der Waals surface area contributed by atoms with Gasteiger partial charge in [-0.25, -0.2) is 9.67 Å². The quantitative estimate of drug-likeness (QED) is 0.584. The van der Waals surface area contributed by atoms with Crippen molar-refractivity contribution in [3.63, 3.8) is 0 Å². The summed E-state index contributed by atoms with van der Waals surface area (Å²) in [6.45, 7) is 0. The minimum absolute atomic E-state index is 0.127. The van der Waals surface area contributed by atoms with Crippen molar-refractivity contribution in [2.45, 2.75) is 6.18 Å². The van der Waals surface area contributed by atoms with Crippen LogP contribution in [0, 0.1) is 11.3 Å². The van der Waals surface area contributed by atoms with Gasteiger partial charge in [0.15, 0.2) is 0 Å². The van der Waals surface area contributed by atoms with E-state index in [0.717, 1.165) is 27.8 Å². The highest BCUT2D eigenvalue weighted by molar-refractivity contribution is 5.92. The second kappa shape index (κ2) is 5.74. The summed E-state index contributed by atoms with van der Waals surface area (Å²) in [6.07, 6.45) is 1.79. The molecule has 3 aromatic heterocycles. The summed E-state index contributed by atoms with van der Waals surface area (Å²) in [5.74, 6) is 0. The molecule has 0 aliphatic heterocycles. The maximum atomic E-state index is 13.3. The van der Waals surface area contributed by atoms with Crippen LogP contribution >= 0.6 is 0 Å². The number of hydrogen-bond acceptors (Lipinski definition) is 3. The van der Waals surface area contributed by atoms with Crippen molar-refractivity contribution in [3.05, 3.63) is 66.2 Å². The van der Waals surface area contributed by atoms with E-state index >= 15 is 0 Å². The number of halogens is 3. The Morgan fingerprint density at radius 1 is 1.15 bits per heavy atom. The van der Waals surface area contributed by atoms with Gasteiger partial charge < -0.3 is 4.98 Å². The number of nitrogens with zero attached hydrogens (tertiary/aromatic N) is 4. The van der Waals surface area contributed by atoms with E-state index in [9.17, 15) is 13.2 Å². The molecular weight excluding hydrogens is 343 g/mol. The average Bonchev–Trinajstić information content (AvgIpc) is 3.29. The molecule has 0 amide bonds. The van der Waals surface area contributed by atoms with E-state index in [1.807, 2.05) is 12.1 Å². The van der Waals surface area contributed by atoms with Gasteiger partial charge in [-0.2, -0.15) is 23.5 Å². The van der Waals surface area contributed by atoms with Gasteiger partial charge in [0.25, 0.3) is 0 Å². The van der Waals surface area contributed by atoms with Gasteiger partial charge in [0.1, 0.15) is 5.65 Å². The number of nitriles is 1. The van der Waals surface area contributed by atoms with E-state index in [1.165, 1.54) is 18.5 Å². The summed E-state index contributed by atoms with van der Waals surface area (Å²) >= 11 is 0. The summed E-state index contributed by atoms with van der Waals surface area (Å²) in [4.78, 5) is 7.18. The second-order valence-electron chi connectivity index (χ2n) is 5.61. The Balaban J connectivity index is 1.87. The predicted molar refractivity (Wildman–Crippen MR) is 88.4 cm³/mol. The van der Waals surface area contributed by atoms with Gasteiger partial charge in [0.2, 0.25) is 0 Å². The molecule has 0 spiro atoms. The standard InChI is InChI=1S/C18H10F3N5/c19-18(20,21)15-2-1-11(8-22)7-16(15)26-10-12(9-25-26)13-3-5-23-17-14(13)4-6-24-17/h1-7,9-10H,(H,23,24). The zero-order valence-electron chi connectivity index (χ0n) is 13.1. The Morgan fingerprint density at radius 3 is 2.77 bits per heavy atom. The van der Waals surface area contributed by atoms with Gasteiger partial charge in [-0.1, -0.05) is 0 Å². The highest BCUT2D eigenvalue weighted by Gasteiger charge is 2.34. The van der Waals surface area contributed by atoms with Crippen LogP contribution in [0.1, 0.15) is 11.1 Å². The fraction of sp³-hybridized carbons (Fsp3) is 0.0556. The number of pyridine rings is 1. The molecule has 0 aliphatic rings. The molecular formula is C18H10F3N5. The third-order valence-electron chi connectivity index (χ3n) is 4.03. The lowest BCUT2D eigenvalue weighted by atomic mass is 10.1. The van der Waals surface area contributed by atoms with E-state index in [-0.39, 0.29) is 11.3 Å². The molecule has 1 N–H and O–H groups in total. The van der Waals surface area contributed by atoms with Crippen molar-refractivity contribution < 1.29 is 13.2 Å². The Hall–Kier alpha value is -3.60. The maximum Gasteiger partial charge on any atom is 0.418 e. The average molecular weight is 353 g/mol. The first-order valence-corrected chi connectivity index (χ1v) is 7.56. The molecule has 3 heterocycles. The SMILES string of the molecule is N#Cc1ccc(C(F)(F)F)c(-n2cc(-c3ccnc4[nH]ccc34)cn2)c1. The highest BCUT2D eigenvalue weighted by Crippen LogP contribution is 2.35. The third-order valence-corrected chi connectivity index (χ3v) is 4.03. The smallest absolute Gasteiger partial charge is 0.346 e. The van der Waals surface area contributed by atoms with E-state index in [0.29, 0.717) is 11.2 Å². The third kappa shape index (κ3) is 2.59. The molecule has 26 heavy (non-hydrogen) atoms. The highest BCUT2D eigenvalue weighted by atomic mass is 19.4. The molecule has 0 aliphatic carbocycles. The largest absolute Gasteiger partial charge is 0.418 e. The monoisotopic (exact) mass is 353 g/mol. The van der Waals surface area contributed by atoms with Crippen LogP contribution in [0.2, 0.25) is 0 Å². The summed E-state index contributed by atoms with van der Waals surface area (Å²) in [5, 5.41) is 13.9. The minimum atomic E-state index is -4.56. The molecule has 0 radical (unpaired) electrons. The van der Waals surface area contributed by atoms with Crippen molar-refractivity contribution in [3.8, 4) is 22.9 Å². The van der Waals surface area contributed by atoms with E-state index in [1.54, 1.807) is 18.5 Å². The maximum absolute atomic E-state index is 13.3. The molecule has 5 nitrogen and oxygen atoms in total. The number of hydrogen-bond donors (Lipinski definition) is 1. The Bertz CT molecular complexity index is 1150. The number of aromatic amines is 1. The number of rotatable bonds is 2. The normalized spacial score (nSPS) is 11.6.